The third kappa shape index (κ3) is 8.24. The number of hydrogen-bond acceptors (Lipinski definition) is 4. The van der Waals surface area contributed by atoms with E-state index < -0.39 is 9.84 Å². The van der Waals surface area contributed by atoms with Crippen molar-refractivity contribution in [2.24, 2.45) is 4.99 Å². The highest BCUT2D eigenvalue weighted by molar-refractivity contribution is 14.0. The van der Waals surface area contributed by atoms with Gasteiger partial charge in [-0.1, -0.05) is 31.5 Å². The molecule has 1 aromatic rings. The Hall–Kier alpha value is -0.870. The minimum atomic E-state index is -3.21. The highest BCUT2D eigenvalue weighted by Crippen LogP contribution is 2.18. The van der Waals surface area contributed by atoms with Gasteiger partial charge < -0.3 is 10.6 Å². The number of nitrogens with one attached hydrogen (secondary N) is 2. The van der Waals surface area contributed by atoms with E-state index in [1.54, 1.807) is 31.3 Å². The quantitative estimate of drug-likeness (QED) is 0.226. The molecule has 0 aromatic heterocycles. The highest BCUT2D eigenvalue weighted by Gasteiger charge is 2.20. The molecule has 1 aromatic carbocycles. The van der Waals surface area contributed by atoms with E-state index in [4.69, 9.17) is 0 Å². The summed E-state index contributed by atoms with van der Waals surface area (Å²) in [6.07, 6.45) is 5.70. The molecule has 1 aliphatic heterocycles. The van der Waals surface area contributed by atoms with E-state index in [0.717, 1.165) is 19.0 Å². The van der Waals surface area contributed by atoms with Crippen molar-refractivity contribution in [1.82, 2.24) is 15.5 Å². The molecule has 0 saturated carbocycles. The Kier molecular flexibility index (Phi) is 12.0. The summed E-state index contributed by atoms with van der Waals surface area (Å²) in [5.74, 6) is 0.865. The maximum atomic E-state index is 12.3. The van der Waals surface area contributed by atoms with Gasteiger partial charge in [-0.3, -0.25) is 9.89 Å². The minimum absolute atomic E-state index is 0. The van der Waals surface area contributed by atoms with Gasteiger partial charge >= 0.3 is 0 Å². The standard InChI is InChI=1S/C20H34N4O2S.HI/c1-3-18-10-7-8-15-24(18)16-14-23-20(21-2)22-13-9-17-27(25,26)19-11-5-4-6-12-19;/h4-6,11-12,18H,3,7-10,13-17H2,1-2H3,(H2,21,22,23);1H. The molecule has 8 heteroatoms. The molecule has 0 aliphatic carbocycles. The number of guanidine groups is 1. The van der Waals surface area contributed by atoms with Crippen molar-refractivity contribution in [2.45, 2.75) is 50.0 Å². The average Bonchev–Trinajstić information content (AvgIpc) is 2.70. The summed E-state index contributed by atoms with van der Waals surface area (Å²) in [5, 5.41) is 6.55. The zero-order valence-corrected chi connectivity index (χ0v) is 20.2. The molecular weight excluding hydrogens is 487 g/mol. The molecule has 1 fully saturated rings. The highest BCUT2D eigenvalue weighted by atomic mass is 127. The first kappa shape index (κ1) is 25.2. The number of aliphatic imine (C=N–C) groups is 1. The van der Waals surface area contributed by atoms with Gasteiger partial charge in [0.05, 0.1) is 10.6 Å². The molecule has 2 rings (SSSR count). The molecule has 1 aliphatic rings. The molecule has 28 heavy (non-hydrogen) atoms. The molecule has 0 bridgehead atoms. The molecule has 160 valence electrons. The first-order valence-corrected chi connectivity index (χ1v) is 11.7. The van der Waals surface area contributed by atoms with Gasteiger partial charge in [0.1, 0.15) is 0 Å². The third-order valence-corrected chi connectivity index (χ3v) is 6.94. The lowest BCUT2D eigenvalue weighted by atomic mass is 10.0. The first-order chi connectivity index (χ1) is 13.1. The molecular formula is C20H35IN4O2S. The van der Waals surface area contributed by atoms with Gasteiger partial charge in [0.15, 0.2) is 15.8 Å². The van der Waals surface area contributed by atoms with E-state index >= 15 is 0 Å². The number of sulfone groups is 1. The van der Waals surface area contributed by atoms with Crippen LogP contribution < -0.4 is 10.6 Å². The van der Waals surface area contributed by atoms with Crippen LogP contribution in [-0.4, -0.2) is 64.3 Å². The molecule has 1 saturated heterocycles. The second-order valence-corrected chi connectivity index (χ2v) is 9.11. The van der Waals surface area contributed by atoms with Gasteiger partial charge in [0.2, 0.25) is 0 Å². The largest absolute Gasteiger partial charge is 0.356 e. The third-order valence-electron chi connectivity index (χ3n) is 5.12. The van der Waals surface area contributed by atoms with Crippen LogP contribution >= 0.6 is 24.0 Å². The Labute approximate surface area is 187 Å². The molecule has 0 spiro atoms. The predicted octanol–water partition coefficient (Wildman–Crippen LogP) is 2.90. The van der Waals surface area contributed by atoms with E-state index in [1.807, 2.05) is 6.07 Å². The summed E-state index contributed by atoms with van der Waals surface area (Å²) in [5.41, 5.74) is 0. The van der Waals surface area contributed by atoms with Crippen molar-refractivity contribution in [3.63, 3.8) is 0 Å². The monoisotopic (exact) mass is 522 g/mol. The van der Waals surface area contributed by atoms with Crippen molar-refractivity contribution in [1.29, 1.82) is 0 Å². The molecule has 2 N–H and O–H groups in total. The molecule has 1 atom stereocenters. The number of rotatable bonds is 9. The van der Waals surface area contributed by atoms with Crippen molar-refractivity contribution in [3.05, 3.63) is 30.3 Å². The summed E-state index contributed by atoms with van der Waals surface area (Å²) in [6.45, 7) is 5.89. The fraction of sp³-hybridized carbons (Fsp3) is 0.650. The van der Waals surface area contributed by atoms with Crippen LogP contribution in [0.15, 0.2) is 40.2 Å². The van der Waals surface area contributed by atoms with Crippen LogP contribution in [-0.2, 0) is 9.84 Å². The van der Waals surface area contributed by atoms with Crippen molar-refractivity contribution < 1.29 is 8.42 Å². The van der Waals surface area contributed by atoms with Gasteiger partial charge in [-0.15, -0.1) is 24.0 Å². The van der Waals surface area contributed by atoms with E-state index in [0.29, 0.717) is 23.9 Å². The minimum Gasteiger partial charge on any atom is -0.356 e. The van der Waals surface area contributed by atoms with Gasteiger partial charge in [-0.25, -0.2) is 8.42 Å². The van der Waals surface area contributed by atoms with Crippen molar-refractivity contribution >= 4 is 39.8 Å². The van der Waals surface area contributed by atoms with Gasteiger partial charge in [-0.05, 0) is 44.4 Å². The lowest BCUT2D eigenvalue weighted by Gasteiger charge is -2.35. The van der Waals surface area contributed by atoms with Gasteiger partial charge in [0, 0.05) is 32.7 Å². The number of nitrogens with zero attached hydrogens (tertiary/aromatic N) is 2. The fourth-order valence-electron chi connectivity index (χ4n) is 3.57. The summed E-state index contributed by atoms with van der Waals surface area (Å²) in [7, 11) is -1.47. The van der Waals surface area contributed by atoms with Crippen LogP contribution in [0.25, 0.3) is 0 Å². The van der Waals surface area contributed by atoms with Crippen LogP contribution in [0.4, 0.5) is 0 Å². The van der Waals surface area contributed by atoms with Crippen molar-refractivity contribution in [3.8, 4) is 0 Å². The smallest absolute Gasteiger partial charge is 0.191 e. The predicted molar refractivity (Wildman–Crippen MR) is 127 cm³/mol. The summed E-state index contributed by atoms with van der Waals surface area (Å²) in [6, 6.07) is 9.33. The molecule has 0 radical (unpaired) electrons. The average molecular weight is 522 g/mol. The first-order valence-electron chi connectivity index (χ1n) is 10.0. The molecule has 1 unspecified atom stereocenters. The van der Waals surface area contributed by atoms with Crippen LogP contribution in [0.5, 0.6) is 0 Å². The number of hydrogen-bond donors (Lipinski definition) is 2. The van der Waals surface area contributed by atoms with Crippen LogP contribution in [0.1, 0.15) is 39.0 Å². The molecule has 1 heterocycles. The van der Waals surface area contributed by atoms with Crippen LogP contribution in [0.3, 0.4) is 0 Å². The Morgan fingerprint density at radius 1 is 1.18 bits per heavy atom. The number of halogens is 1. The zero-order chi connectivity index (χ0) is 19.5. The van der Waals surface area contributed by atoms with Gasteiger partial charge in [-0.2, -0.15) is 0 Å². The number of likely N-dealkylation sites (tertiary alicyclic amines) is 1. The number of piperidine rings is 1. The topological polar surface area (TPSA) is 73.8 Å². The number of benzene rings is 1. The molecule has 6 nitrogen and oxygen atoms in total. The van der Waals surface area contributed by atoms with Crippen molar-refractivity contribution in [2.75, 3.05) is 39.0 Å². The fourth-order valence-corrected chi connectivity index (χ4v) is 4.90. The van der Waals surface area contributed by atoms with E-state index in [-0.39, 0.29) is 29.7 Å². The molecule has 0 amide bonds. The normalized spacial score (nSPS) is 18.4. The second-order valence-electron chi connectivity index (χ2n) is 7.01. The summed E-state index contributed by atoms with van der Waals surface area (Å²) < 4.78 is 24.5. The maximum Gasteiger partial charge on any atom is 0.191 e. The Morgan fingerprint density at radius 2 is 1.89 bits per heavy atom. The SMILES string of the molecule is CCC1CCCCN1CCNC(=NC)NCCCS(=O)(=O)c1ccccc1.I. The Balaban J connectivity index is 0.00000392. The summed E-state index contributed by atoms with van der Waals surface area (Å²) >= 11 is 0. The lowest BCUT2D eigenvalue weighted by molar-refractivity contribution is 0.147. The Morgan fingerprint density at radius 3 is 2.57 bits per heavy atom. The van der Waals surface area contributed by atoms with Crippen LogP contribution in [0, 0.1) is 0 Å². The van der Waals surface area contributed by atoms with Crippen LogP contribution in [0.2, 0.25) is 0 Å². The second kappa shape index (κ2) is 13.4. The van der Waals surface area contributed by atoms with E-state index in [2.05, 4.69) is 27.4 Å². The van der Waals surface area contributed by atoms with Gasteiger partial charge in [0.25, 0.3) is 0 Å². The summed E-state index contributed by atoms with van der Waals surface area (Å²) in [4.78, 5) is 7.18. The zero-order valence-electron chi connectivity index (χ0n) is 17.1. The van der Waals surface area contributed by atoms with E-state index in [1.165, 1.54) is 32.2 Å². The Bertz CT molecular complexity index is 683. The lowest BCUT2D eigenvalue weighted by Crippen LogP contribution is -2.46. The van der Waals surface area contributed by atoms with E-state index in [9.17, 15) is 8.42 Å². The maximum absolute atomic E-state index is 12.3.